The molecule has 0 radical (unpaired) electrons. The molecule has 0 saturated carbocycles. The summed E-state index contributed by atoms with van der Waals surface area (Å²) < 4.78 is 5.61. The molecule has 1 aromatic carbocycles. The standard InChI is InChI=1S/C16H22N2O2/c1-11-10-14(8-9-20-11)18-15(17-12(2)16(18)19)13-6-4-3-5-7-13/h3-7,11-12,14-15,17H,8-10H2,1-2H3. The number of ether oxygens (including phenoxy) is 1. The van der Waals surface area contributed by atoms with Crippen molar-refractivity contribution >= 4 is 5.91 Å². The number of carbonyl (C=O) groups is 1. The van der Waals surface area contributed by atoms with Gasteiger partial charge in [-0.15, -0.1) is 0 Å². The average molecular weight is 274 g/mol. The Labute approximate surface area is 120 Å². The van der Waals surface area contributed by atoms with Crippen molar-refractivity contribution in [3.05, 3.63) is 35.9 Å². The third kappa shape index (κ3) is 2.45. The highest BCUT2D eigenvalue weighted by atomic mass is 16.5. The molecule has 4 unspecified atom stereocenters. The summed E-state index contributed by atoms with van der Waals surface area (Å²) in [6.45, 7) is 4.77. The molecule has 1 aromatic rings. The average Bonchev–Trinajstić information content (AvgIpc) is 2.76. The van der Waals surface area contributed by atoms with Gasteiger partial charge in [0.15, 0.2) is 0 Å². The van der Waals surface area contributed by atoms with Gasteiger partial charge in [0, 0.05) is 12.6 Å². The van der Waals surface area contributed by atoms with Crippen molar-refractivity contribution in [2.75, 3.05) is 6.61 Å². The van der Waals surface area contributed by atoms with Gasteiger partial charge in [0.2, 0.25) is 5.91 Å². The van der Waals surface area contributed by atoms with Gasteiger partial charge >= 0.3 is 0 Å². The summed E-state index contributed by atoms with van der Waals surface area (Å²) in [5.41, 5.74) is 1.16. The molecule has 2 saturated heterocycles. The van der Waals surface area contributed by atoms with Crippen molar-refractivity contribution in [2.45, 2.75) is 51.0 Å². The minimum Gasteiger partial charge on any atom is -0.378 e. The van der Waals surface area contributed by atoms with Gasteiger partial charge < -0.3 is 9.64 Å². The van der Waals surface area contributed by atoms with Gasteiger partial charge in [0.1, 0.15) is 6.17 Å². The van der Waals surface area contributed by atoms with Crippen molar-refractivity contribution in [1.29, 1.82) is 0 Å². The third-order valence-electron chi connectivity index (χ3n) is 4.28. The Hall–Kier alpha value is -1.39. The molecule has 3 rings (SSSR count). The monoisotopic (exact) mass is 274 g/mol. The molecule has 20 heavy (non-hydrogen) atoms. The second-order valence-corrected chi connectivity index (χ2v) is 5.81. The SMILES string of the molecule is CC1CC(N2C(=O)C(C)NC2c2ccccc2)CCO1. The maximum absolute atomic E-state index is 12.5. The fraction of sp³-hybridized carbons (Fsp3) is 0.562. The molecular formula is C16H22N2O2. The molecule has 4 nitrogen and oxygen atoms in total. The van der Waals surface area contributed by atoms with Gasteiger partial charge in [-0.1, -0.05) is 30.3 Å². The van der Waals surface area contributed by atoms with E-state index in [0.717, 1.165) is 25.0 Å². The van der Waals surface area contributed by atoms with Gasteiger partial charge in [0.05, 0.1) is 12.1 Å². The zero-order valence-electron chi connectivity index (χ0n) is 12.1. The Morgan fingerprint density at radius 2 is 2.00 bits per heavy atom. The lowest BCUT2D eigenvalue weighted by Crippen LogP contribution is -2.44. The highest BCUT2D eigenvalue weighted by molar-refractivity contribution is 5.84. The van der Waals surface area contributed by atoms with E-state index < -0.39 is 0 Å². The first kappa shape index (κ1) is 13.6. The van der Waals surface area contributed by atoms with Gasteiger partial charge in [0.25, 0.3) is 0 Å². The van der Waals surface area contributed by atoms with Gasteiger partial charge in [-0.2, -0.15) is 0 Å². The second kappa shape index (κ2) is 5.54. The molecule has 0 aromatic heterocycles. The van der Waals surface area contributed by atoms with Crippen molar-refractivity contribution < 1.29 is 9.53 Å². The molecule has 1 N–H and O–H groups in total. The molecule has 108 valence electrons. The Morgan fingerprint density at radius 1 is 1.25 bits per heavy atom. The molecule has 4 atom stereocenters. The van der Waals surface area contributed by atoms with Crippen LogP contribution in [0.5, 0.6) is 0 Å². The molecular weight excluding hydrogens is 252 g/mol. The van der Waals surface area contributed by atoms with Gasteiger partial charge in [-0.3, -0.25) is 10.1 Å². The van der Waals surface area contributed by atoms with Crippen LogP contribution in [0.2, 0.25) is 0 Å². The van der Waals surface area contributed by atoms with Crippen LogP contribution in [0.3, 0.4) is 0 Å². The van der Waals surface area contributed by atoms with E-state index in [0.29, 0.717) is 0 Å². The Balaban J connectivity index is 1.87. The predicted molar refractivity (Wildman–Crippen MR) is 77.1 cm³/mol. The van der Waals surface area contributed by atoms with Gasteiger partial charge in [-0.05, 0) is 32.3 Å². The van der Waals surface area contributed by atoms with Crippen molar-refractivity contribution in [3.63, 3.8) is 0 Å². The van der Waals surface area contributed by atoms with E-state index in [1.165, 1.54) is 0 Å². The first-order valence-electron chi connectivity index (χ1n) is 7.41. The van der Waals surface area contributed by atoms with Crippen LogP contribution in [0.25, 0.3) is 0 Å². The minimum absolute atomic E-state index is 0.00556. The van der Waals surface area contributed by atoms with Crippen LogP contribution in [0.4, 0.5) is 0 Å². The molecule has 2 aliphatic rings. The topological polar surface area (TPSA) is 41.6 Å². The van der Waals surface area contributed by atoms with Crippen molar-refractivity contribution in [2.24, 2.45) is 0 Å². The number of nitrogens with one attached hydrogen (secondary N) is 1. The number of benzene rings is 1. The summed E-state index contributed by atoms with van der Waals surface area (Å²) >= 11 is 0. The van der Waals surface area contributed by atoms with Crippen LogP contribution in [-0.4, -0.2) is 35.6 Å². The smallest absolute Gasteiger partial charge is 0.241 e. The minimum atomic E-state index is -0.113. The number of hydrogen-bond donors (Lipinski definition) is 1. The number of carbonyl (C=O) groups excluding carboxylic acids is 1. The van der Waals surface area contributed by atoms with E-state index in [2.05, 4.69) is 24.4 Å². The maximum atomic E-state index is 12.5. The Kier molecular flexibility index (Phi) is 3.76. The van der Waals surface area contributed by atoms with Crippen molar-refractivity contribution in [3.8, 4) is 0 Å². The molecule has 2 fully saturated rings. The van der Waals surface area contributed by atoms with E-state index in [9.17, 15) is 4.79 Å². The third-order valence-corrected chi connectivity index (χ3v) is 4.28. The maximum Gasteiger partial charge on any atom is 0.241 e. The van der Waals surface area contributed by atoms with E-state index in [1.807, 2.05) is 30.0 Å². The number of rotatable bonds is 2. The lowest BCUT2D eigenvalue weighted by Gasteiger charge is -2.37. The van der Waals surface area contributed by atoms with Gasteiger partial charge in [-0.25, -0.2) is 0 Å². The van der Waals surface area contributed by atoms with Crippen LogP contribution in [-0.2, 0) is 9.53 Å². The van der Waals surface area contributed by atoms with Crippen LogP contribution < -0.4 is 5.32 Å². The predicted octanol–water partition coefficient (Wildman–Crippen LogP) is 2.07. The van der Waals surface area contributed by atoms with Crippen LogP contribution in [0, 0.1) is 0 Å². The Morgan fingerprint density at radius 3 is 2.70 bits per heavy atom. The zero-order valence-corrected chi connectivity index (χ0v) is 12.1. The normalized spacial score (nSPS) is 34.5. The summed E-state index contributed by atoms with van der Waals surface area (Å²) in [7, 11) is 0. The second-order valence-electron chi connectivity index (χ2n) is 5.81. The number of amides is 1. The van der Waals surface area contributed by atoms with E-state index in [1.54, 1.807) is 0 Å². The van der Waals surface area contributed by atoms with E-state index in [4.69, 9.17) is 4.74 Å². The lowest BCUT2D eigenvalue weighted by atomic mass is 10.0. The molecule has 2 heterocycles. The lowest BCUT2D eigenvalue weighted by molar-refractivity contribution is -0.135. The first-order chi connectivity index (χ1) is 9.66. The van der Waals surface area contributed by atoms with Crippen LogP contribution >= 0.6 is 0 Å². The highest BCUT2D eigenvalue weighted by Gasteiger charge is 2.42. The largest absolute Gasteiger partial charge is 0.378 e. The molecule has 2 aliphatic heterocycles. The highest BCUT2D eigenvalue weighted by Crippen LogP contribution is 2.32. The number of hydrogen-bond acceptors (Lipinski definition) is 3. The van der Waals surface area contributed by atoms with Crippen molar-refractivity contribution in [1.82, 2.24) is 10.2 Å². The fourth-order valence-corrected chi connectivity index (χ4v) is 3.25. The Bertz CT molecular complexity index is 477. The summed E-state index contributed by atoms with van der Waals surface area (Å²) in [4.78, 5) is 14.6. The van der Waals surface area contributed by atoms with E-state index >= 15 is 0 Å². The number of nitrogens with zero attached hydrogens (tertiary/aromatic N) is 1. The van der Waals surface area contributed by atoms with E-state index in [-0.39, 0.29) is 30.3 Å². The first-order valence-corrected chi connectivity index (χ1v) is 7.41. The molecule has 1 amide bonds. The molecule has 4 heteroatoms. The molecule has 0 bridgehead atoms. The van der Waals surface area contributed by atoms with Crippen LogP contribution in [0.15, 0.2) is 30.3 Å². The summed E-state index contributed by atoms with van der Waals surface area (Å²) in [5, 5.41) is 3.42. The van der Waals surface area contributed by atoms with Crippen LogP contribution in [0.1, 0.15) is 38.4 Å². The molecule has 0 aliphatic carbocycles. The summed E-state index contributed by atoms with van der Waals surface area (Å²) in [5.74, 6) is 0.206. The fourth-order valence-electron chi connectivity index (χ4n) is 3.25. The zero-order chi connectivity index (χ0) is 14.1. The molecule has 0 spiro atoms. The quantitative estimate of drug-likeness (QED) is 0.897. The summed E-state index contributed by atoms with van der Waals surface area (Å²) in [6, 6.07) is 10.4. The summed E-state index contributed by atoms with van der Waals surface area (Å²) in [6.07, 6.45) is 2.07.